The van der Waals surface area contributed by atoms with Crippen molar-refractivity contribution in [3.8, 4) is 0 Å². The van der Waals surface area contributed by atoms with Crippen LogP contribution in [0.3, 0.4) is 0 Å². The highest BCUT2D eigenvalue weighted by Crippen LogP contribution is 2.28. The third kappa shape index (κ3) is 2.02. The van der Waals surface area contributed by atoms with Crippen LogP contribution in [0.5, 0.6) is 0 Å². The van der Waals surface area contributed by atoms with E-state index in [2.05, 4.69) is 26.2 Å². The number of halogens is 1. The number of benzene rings is 1. The molecule has 14 heavy (non-hydrogen) atoms. The average Bonchev–Trinajstić information content (AvgIpc) is 2.44. The first-order chi connectivity index (χ1) is 6.65. The molecule has 0 saturated carbocycles. The summed E-state index contributed by atoms with van der Waals surface area (Å²) in [5.41, 5.74) is 6.30. The van der Waals surface area contributed by atoms with Crippen molar-refractivity contribution in [2.45, 2.75) is 0 Å². The fourth-order valence-corrected chi connectivity index (χ4v) is 2.65. The molecule has 0 aliphatic carbocycles. The van der Waals surface area contributed by atoms with Gasteiger partial charge in [-0.05, 0) is 30.4 Å². The molecule has 3 nitrogen and oxygen atoms in total. The maximum absolute atomic E-state index is 5.35. The minimum Gasteiger partial charge on any atom is -0.376 e. The van der Waals surface area contributed by atoms with Gasteiger partial charge < -0.3 is 11.1 Å². The second kappa shape index (κ2) is 3.80. The van der Waals surface area contributed by atoms with Gasteiger partial charge >= 0.3 is 0 Å². The number of nitrogens with zero attached hydrogens (tertiary/aromatic N) is 1. The zero-order chi connectivity index (χ0) is 10.1. The number of rotatable bonds is 1. The van der Waals surface area contributed by atoms with Crippen molar-refractivity contribution in [1.29, 1.82) is 0 Å². The fourth-order valence-electron chi connectivity index (χ4n) is 1.06. The summed E-state index contributed by atoms with van der Waals surface area (Å²) in [5.74, 6) is 0. The Balaban J connectivity index is 2.46. The van der Waals surface area contributed by atoms with Crippen molar-refractivity contribution in [2.75, 3.05) is 5.32 Å². The van der Waals surface area contributed by atoms with Crippen LogP contribution in [0.1, 0.15) is 0 Å². The normalized spacial score (nSPS) is 10.4. The van der Waals surface area contributed by atoms with Gasteiger partial charge in [0.15, 0.2) is 10.2 Å². The van der Waals surface area contributed by atoms with Gasteiger partial charge in [-0.3, -0.25) is 0 Å². The zero-order valence-corrected chi connectivity index (χ0v) is 10.2. The van der Waals surface area contributed by atoms with Crippen LogP contribution >= 0.6 is 39.5 Å². The van der Waals surface area contributed by atoms with E-state index in [1.54, 1.807) is 0 Å². The first kappa shape index (κ1) is 9.82. The molecular weight excluding hydrogens is 282 g/mol. The molecule has 0 aliphatic heterocycles. The van der Waals surface area contributed by atoms with Gasteiger partial charge in [-0.25, -0.2) is 4.98 Å². The molecule has 2 rings (SSSR count). The Bertz CT molecular complexity index is 494. The minimum atomic E-state index is 0.239. The minimum absolute atomic E-state index is 0.239. The van der Waals surface area contributed by atoms with E-state index in [4.69, 9.17) is 18.0 Å². The maximum Gasteiger partial charge on any atom is 0.190 e. The Hall–Kier alpha value is -0.720. The van der Waals surface area contributed by atoms with E-state index in [9.17, 15) is 0 Å². The molecule has 6 heteroatoms. The smallest absolute Gasteiger partial charge is 0.190 e. The van der Waals surface area contributed by atoms with Gasteiger partial charge in [-0.2, -0.15) is 0 Å². The van der Waals surface area contributed by atoms with Crippen molar-refractivity contribution in [2.24, 2.45) is 5.73 Å². The highest BCUT2D eigenvalue weighted by atomic mass is 79.9. The second-order valence-corrected chi connectivity index (χ2v) is 5.01. The topological polar surface area (TPSA) is 50.9 Å². The summed E-state index contributed by atoms with van der Waals surface area (Å²) in [7, 11) is 0. The standard InChI is InChI=1S/C8H6BrN3S2/c9-4-1-2-5-6(3-4)14-8(11-5)12-7(10)13/h1-3H,(H3,10,11,12,13). The number of hydrogen-bond donors (Lipinski definition) is 2. The van der Waals surface area contributed by atoms with E-state index >= 15 is 0 Å². The lowest BCUT2D eigenvalue weighted by Gasteiger charge is -1.94. The number of aromatic nitrogens is 1. The van der Waals surface area contributed by atoms with Crippen molar-refractivity contribution < 1.29 is 0 Å². The van der Waals surface area contributed by atoms with Gasteiger partial charge in [0.25, 0.3) is 0 Å². The number of nitrogens with one attached hydrogen (secondary N) is 1. The summed E-state index contributed by atoms with van der Waals surface area (Å²) in [6.45, 7) is 0. The van der Waals surface area contributed by atoms with E-state index in [0.29, 0.717) is 0 Å². The summed E-state index contributed by atoms with van der Waals surface area (Å²) >= 11 is 9.65. The first-order valence-electron chi connectivity index (χ1n) is 3.78. The summed E-state index contributed by atoms with van der Waals surface area (Å²) in [4.78, 5) is 4.31. The number of thiazole rings is 1. The van der Waals surface area contributed by atoms with Crippen LogP contribution in [0.2, 0.25) is 0 Å². The fraction of sp³-hybridized carbons (Fsp3) is 0. The molecule has 1 heterocycles. The zero-order valence-electron chi connectivity index (χ0n) is 6.95. The van der Waals surface area contributed by atoms with E-state index in [-0.39, 0.29) is 5.11 Å². The molecule has 72 valence electrons. The van der Waals surface area contributed by atoms with Gasteiger partial charge in [-0.15, -0.1) is 0 Å². The molecule has 0 bridgehead atoms. The van der Waals surface area contributed by atoms with Crippen LogP contribution in [0.4, 0.5) is 5.13 Å². The highest BCUT2D eigenvalue weighted by molar-refractivity contribution is 9.10. The number of anilines is 1. The Kier molecular flexibility index (Phi) is 2.66. The Morgan fingerprint density at radius 1 is 1.57 bits per heavy atom. The molecule has 1 aromatic carbocycles. The summed E-state index contributed by atoms with van der Waals surface area (Å²) < 4.78 is 2.13. The Morgan fingerprint density at radius 2 is 2.36 bits per heavy atom. The van der Waals surface area contributed by atoms with Gasteiger partial charge in [0.05, 0.1) is 10.2 Å². The molecule has 1 aromatic heterocycles. The third-order valence-corrected chi connectivity index (χ3v) is 3.11. The van der Waals surface area contributed by atoms with Crippen LogP contribution in [-0.2, 0) is 0 Å². The van der Waals surface area contributed by atoms with Crippen LogP contribution in [0, 0.1) is 0 Å². The van der Waals surface area contributed by atoms with Crippen molar-refractivity contribution in [3.63, 3.8) is 0 Å². The molecular formula is C8H6BrN3S2. The van der Waals surface area contributed by atoms with Crippen LogP contribution < -0.4 is 11.1 Å². The monoisotopic (exact) mass is 287 g/mol. The highest BCUT2D eigenvalue weighted by Gasteiger charge is 2.03. The molecule has 3 N–H and O–H groups in total. The first-order valence-corrected chi connectivity index (χ1v) is 5.79. The van der Waals surface area contributed by atoms with Gasteiger partial charge in [0, 0.05) is 4.47 Å². The average molecular weight is 288 g/mol. The molecule has 0 fully saturated rings. The van der Waals surface area contributed by atoms with Crippen LogP contribution in [-0.4, -0.2) is 10.1 Å². The second-order valence-electron chi connectivity index (χ2n) is 2.62. The number of hydrogen-bond acceptors (Lipinski definition) is 3. The molecule has 0 atom stereocenters. The molecule has 0 aliphatic rings. The molecule has 0 spiro atoms. The summed E-state index contributed by atoms with van der Waals surface area (Å²) in [6.07, 6.45) is 0. The van der Waals surface area contributed by atoms with Gasteiger partial charge in [0.1, 0.15) is 0 Å². The quantitative estimate of drug-likeness (QED) is 0.792. The van der Waals surface area contributed by atoms with Crippen molar-refractivity contribution >= 4 is 59.9 Å². The summed E-state index contributed by atoms with van der Waals surface area (Å²) in [5, 5.41) is 3.78. The molecule has 0 amide bonds. The lowest BCUT2D eigenvalue weighted by molar-refractivity contribution is 1.47. The van der Waals surface area contributed by atoms with Crippen LogP contribution in [0.15, 0.2) is 22.7 Å². The number of fused-ring (bicyclic) bond motifs is 1. The van der Waals surface area contributed by atoms with E-state index in [0.717, 1.165) is 19.8 Å². The molecule has 0 unspecified atom stereocenters. The number of nitrogens with two attached hydrogens (primary N) is 1. The van der Waals surface area contributed by atoms with Crippen molar-refractivity contribution in [3.05, 3.63) is 22.7 Å². The lowest BCUT2D eigenvalue weighted by atomic mass is 10.3. The number of thiocarbonyl (C=S) groups is 1. The lowest BCUT2D eigenvalue weighted by Crippen LogP contribution is -2.18. The van der Waals surface area contributed by atoms with E-state index in [1.807, 2.05) is 18.2 Å². The van der Waals surface area contributed by atoms with Crippen LogP contribution in [0.25, 0.3) is 10.2 Å². The van der Waals surface area contributed by atoms with E-state index in [1.165, 1.54) is 11.3 Å². The molecule has 0 radical (unpaired) electrons. The molecule has 0 saturated heterocycles. The predicted octanol–water partition coefficient (Wildman–Crippen LogP) is 2.71. The van der Waals surface area contributed by atoms with Crippen molar-refractivity contribution in [1.82, 2.24) is 4.98 Å². The largest absolute Gasteiger partial charge is 0.376 e. The van der Waals surface area contributed by atoms with E-state index < -0.39 is 0 Å². The Morgan fingerprint density at radius 3 is 3.07 bits per heavy atom. The Labute approximate surface area is 98.5 Å². The predicted molar refractivity (Wildman–Crippen MR) is 67.7 cm³/mol. The maximum atomic E-state index is 5.35. The third-order valence-electron chi connectivity index (χ3n) is 1.58. The SMILES string of the molecule is NC(=S)Nc1nc2ccc(Br)cc2s1. The molecule has 2 aromatic rings. The summed E-state index contributed by atoms with van der Waals surface area (Å²) in [6, 6.07) is 5.91. The van der Waals surface area contributed by atoms with Gasteiger partial charge in [-0.1, -0.05) is 27.3 Å². The van der Waals surface area contributed by atoms with Gasteiger partial charge in [0.2, 0.25) is 0 Å².